The van der Waals surface area contributed by atoms with Crippen molar-refractivity contribution in [3.05, 3.63) is 71.1 Å². The fourth-order valence-electron chi connectivity index (χ4n) is 2.22. The molecule has 0 spiro atoms. The molecule has 0 aliphatic heterocycles. The van der Waals surface area contributed by atoms with Gasteiger partial charge in [-0.05, 0) is 35.7 Å². The summed E-state index contributed by atoms with van der Waals surface area (Å²) < 4.78 is 15.4. The first kappa shape index (κ1) is 12.9. The van der Waals surface area contributed by atoms with E-state index in [9.17, 15) is 9.18 Å². The quantitative estimate of drug-likeness (QED) is 0.658. The Morgan fingerprint density at radius 2 is 1.95 bits per heavy atom. The smallest absolute Gasteiger partial charge is 0.185 e. The second kappa shape index (κ2) is 5.10. The summed E-state index contributed by atoms with van der Waals surface area (Å²) in [4.78, 5) is 12.2. The van der Waals surface area contributed by atoms with Crippen LogP contribution in [0, 0.1) is 5.82 Å². The van der Waals surface area contributed by atoms with E-state index in [4.69, 9.17) is 11.6 Å². The second-order valence-electron chi connectivity index (χ2n) is 4.55. The third kappa shape index (κ3) is 2.32. The van der Waals surface area contributed by atoms with Gasteiger partial charge in [-0.15, -0.1) is 0 Å². The van der Waals surface area contributed by atoms with Crippen molar-refractivity contribution in [1.29, 1.82) is 0 Å². The third-order valence-corrected chi connectivity index (χ3v) is 3.46. The molecule has 3 aromatic rings. The van der Waals surface area contributed by atoms with Gasteiger partial charge < -0.3 is 4.57 Å². The molecule has 0 aliphatic rings. The van der Waals surface area contributed by atoms with Gasteiger partial charge in [0.1, 0.15) is 5.82 Å². The van der Waals surface area contributed by atoms with Gasteiger partial charge >= 0.3 is 0 Å². The zero-order chi connectivity index (χ0) is 14.1. The largest absolute Gasteiger partial charge is 0.340 e. The highest BCUT2D eigenvalue weighted by Gasteiger charge is 2.12. The lowest BCUT2D eigenvalue weighted by Crippen LogP contribution is -2.11. The molecule has 0 atom stereocenters. The Kier molecular flexibility index (Phi) is 3.28. The first-order valence-corrected chi connectivity index (χ1v) is 6.55. The number of hydrogen-bond donors (Lipinski definition) is 0. The Balaban J connectivity index is 1.96. The summed E-state index contributed by atoms with van der Waals surface area (Å²) in [5, 5.41) is 1.60. The van der Waals surface area contributed by atoms with Crippen molar-refractivity contribution in [1.82, 2.24) is 4.57 Å². The lowest BCUT2D eigenvalue weighted by molar-refractivity contribution is 0.0969. The molecule has 3 rings (SSSR count). The van der Waals surface area contributed by atoms with E-state index < -0.39 is 5.82 Å². The van der Waals surface area contributed by atoms with Gasteiger partial charge in [0.05, 0.1) is 12.1 Å². The van der Waals surface area contributed by atoms with Gasteiger partial charge in [0, 0.05) is 16.7 Å². The maximum absolute atomic E-state index is 13.6. The molecule has 1 heterocycles. The normalized spacial score (nSPS) is 10.9. The maximum atomic E-state index is 13.6. The van der Waals surface area contributed by atoms with Crippen LogP contribution >= 0.6 is 11.6 Å². The second-order valence-corrected chi connectivity index (χ2v) is 4.99. The average molecular weight is 288 g/mol. The number of Topliss-reactive ketones (excluding diaryl/α,β-unsaturated/α-hetero) is 1. The molecule has 4 heteroatoms. The van der Waals surface area contributed by atoms with Crippen molar-refractivity contribution in [2.24, 2.45) is 0 Å². The molecular formula is C16H11ClFNO. The molecule has 0 N–H and O–H groups in total. The summed E-state index contributed by atoms with van der Waals surface area (Å²) in [6, 6.07) is 13.4. The van der Waals surface area contributed by atoms with Crippen LogP contribution in [-0.2, 0) is 6.54 Å². The summed E-state index contributed by atoms with van der Waals surface area (Å²) >= 11 is 5.97. The zero-order valence-corrected chi connectivity index (χ0v) is 11.3. The van der Waals surface area contributed by atoms with Gasteiger partial charge in [0.25, 0.3) is 0 Å². The molecule has 0 amide bonds. The number of nitrogens with zero attached hydrogens (tertiary/aromatic N) is 1. The Bertz CT molecular complexity index is 794. The van der Waals surface area contributed by atoms with E-state index in [0.29, 0.717) is 5.02 Å². The highest BCUT2D eigenvalue weighted by Crippen LogP contribution is 2.21. The number of benzene rings is 2. The third-order valence-electron chi connectivity index (χ3n) is 3.22. The lowest BCUT2D eigenvalue weighted by atomic mass is 10.1. The Hall–Kier alpha value is -2.13. The Morgan fingerprint density at radius 1 is 1.15 bits per heavy atom. The van der Waals surface area contributed by atoms with Gasteiger partial charge in [-0.2, -0.15) is 0 Å². The standard InChI is InChI=1S/C16H11ClFNO/c17-12-6-5-11-7-8-19(15(11)9-12)10-16(20)13-3-1-2-4-14(13)18/h1-9H,10H2. The summed E-state index contributed by atoms with van der Waals surface area (Å²) in [6.45, 7) is 0.0881. The number of aromatic nitrogens is 1. The van der Waals surface area contributed by atoms with Gasteiger partial charge in [-0.3, -0.25) is 4.79 Å². The molecule has 2 nitrogen and oxygen atoms in total. The highest BCUT2D eigenvalue weighted by atomic mass is 35.5. The van der Waals surface area contributed by atoms with E-state index in [1.54, 1.807) is 35.0 Å². The number of fused-ring (bicyclic) bond motifs is 1. The van der Waals surface area contributed by atoms with Crippen molar-refractivity contribution in [3.63, 3.8) is 0 Å². The Labute approximate surface area is 120 Å². The molecule has 0 unspecified atom stereocenters. The fourth-order valence-corrected chi connectivity index (χ4v) is 2.39. The van der Waals surface area contributed by atoms with Crippen LogP contribution in [-0.4, -0.2) is 10.4 Å². The summed E-state index contributed by atoms with van der Waals surface area (Å²) in [5.74, 6) is -0.757. The van der Waals surface area contributed by atoms with E-state index in [1.165, 1.54) is 12.1 Å². The van der Waals surface area contributed by atoms with Crippen molar-refractivity contribution in [2.75, 3.05) is 0 Å². The van der Waals surface area contributed by atoms with E-state index in [-0.39, 0.29) is 17.9 Å². The van der Waals surface area contributed by atoms with Crippen LogP contribution in [0.5, 0.6) is 0 Å². The minimum Gasteiger partial charge on any atom is -0.340 e. The molecule has 2 aromatic carbocycles. The van der Waals surface area contributed by atoms with E-state index in [2.05, 4.69) is 0 Å². The predicted molar refractivity (Wildman–Crippen MR) is 77.7 cm³/mol. The number of halogens is 2. The summed E-state index contributed by atoms with van der Waals surface area (Å²) in [5.41, 5.74) is 0.971. The van der Waals surface area contributed by atoms with Crippen molar-refractivity contribution in [2.45, 2.75) is 6.54 Å². The molecule has 0 radical (unpaired) electrons. The predicted octanol–water partition coefficient (Wildman–Crippen LogP) is 4.32. The summed E-state index contributed by atoms with van der Waals surface area (Å²) in [6.07, 6.45) is 1.81. The average Bonchev–Trinajstić information content (AvgIpc) is 2.82. The van der Waals surface area contributed by atoms with Gasteiger partial charge in [-0.25, -0.2) is 4.39 Å². The topological polar surface area (TPSA) is 22.0 Å². The molecule has 0 saturated heterocycles. The minimum atomic E-state index is -0.494. The lowest BCUT2D eigenvalue weighted by Gasteiger charge is -2.06. The van der Waals surface area contributed by atoms with Crippen LogP contribution in [0.25, 0.3) is 10.9 Å². The van der Waals surface area contributed by atoms with Crippen LogP contribution in [0.3, 0.4) is 0 Å². The maximum Gasteiger partial charge on any atom is 0.185 e. The van der Waals surface area contributed by atoms with Crippen molar-refractivity contribution < 1.29 is 9.18 Å². The molecule has 0 bridgehead atoms. The van der Waals surface area contributed by atoms with E-state index in [1.807, 2.05) is 12.1 Å². The molecule has 0 aliphatic carbocycles. The molecule has 1 aromatic heterocycles. The molecule has 20 heavy (non-hydrogen) atoms. The number of ketones is 1. The minimum absolute atomic E-state index is 0.0881. The first-order valence-electron chi connectivity index (χ1n) is 6.17. The monoisotopic (exact) mass is 287 g/mol. The van der Waals surface area contributed by atoms with E-state index >= 15 is 0 Å². The van der Waals surface area contributed by atoms with Crippen molar-refractivity contribution in [3.8, 4) is 0 Å². The van der Waals surface area contributed by atoms with Gasteiger partial charge in [0.15, 0.2) is 5.78 Å². The van der Waals surface area contributed by atoms with Crippen LogP contribution in [0.2, 0.25) is 5.02 Å². The molecular weight excluding hydrogens is 277 g/mol. The first-order chi connectivity index (χ1) is 9.65. The number of carbonyl (C=O) groups is 1. The number of hydrogen-bond acceptors (Lipinski definition) is 1. The van der Waals surface area contributed by atoms with Gasteiger partial charge in [0.2, 0.25) is 0 Å². The number of carbonyl (C=O) groups excluding carboxylic acids is 1. The fraction of sp³-hybridized carbons (Fsp3) is 0.0625. The summed E-state index contributed by atoms with van der Waals surface area (Å²) in [7, 11) is 0. The van der Waals surface area contributed by atoms with Crippen molar-refractivity contribution >= 4 is 28.3 Å². The van der Waals surface area contributed by atoms with Gasteiger partial charge in [-0.1, -0.05) is 29.8 Å². The van der Waals surface area contributed by atoms with Crippen LogP contribution < -0.4 is 0 Å². The van der Waals surface area contributed by atoms with Crippen LogP contribution in [0.4, 0.5) is 4.39 Å². The Morgan fingerprint density at radius 3 is 2.75 bits per heavy atom. The number of rotatable bonds is 3. The molecule has 100 valence electrons. The zero-order valence-electron chi connectivity index (χ0n) is 10.5. The SMILES string of the molecule is O=C(Cn1ccc2ccc(Cl)cc21)c1ccccc1F. The molecule has 0 fully saturated rings. The molecule has 0 saturated carbocycles. The van der Waals surface area contributed by atoms with E-state index in [0.717, 1.165) is 10.9 Å². The van der Waals surface area contributed by atoms with Crippen LogP contribution in [0.15, 0.2) is 54.7 Å². The highest BCUT2D eigenvalue weighted by molar-refractivity contribution is 6.31. The van der Waals surface area contributed by atoms with Crippen LogP contribution in [0.1, 0.15) is 10.4 Å².